The lowest BCUT2D eigenvalue weighted by molar-refractivity contribution is -0.196. The molecular formula is C26H21Cl2F5N6O5. The monoisotopic (exact) mass is 662 g/mol. The van der Waals surface area contributed by atoms with Crippen LogP contribution in [0.5, 0.6) is 5.75 Å². The molecule has 0 aliphatic carbocycles. The van der Waals surface area contributed by atoms with E-state index >= 15 is 4.39 Å². The summed E-state index contributed by atoms with van der Waals surface area (Å²) in [5, 5.41) is 30.0. The number of aromatic nitrogens is 6. The van der Waals surface area contributed by atoms with Crippen LogP contribution in [0.15, 0.2) is 30.7 Å². The second-order valence-corrected chi connectivity index (χ2v) is 10.9. The molecule has 4 aromatic rings. The minimum absolute atomic E-state index is 0.0273. The van der Waals surface area contributed by atoms with E-state index in [1.54, 1.807) is 0 Å². The molecule has 3 aromatic heterocycles. The van der Waals surface area contributed by atoms with Crippen LogP contribution >= 0.6 is 23.2 Å². The summed E-state index contributed by atoms with van der Waals surface area (Å²) in [4.78, 5) is 7.68. The van der Waals surface area contributed by atoms with Crippen molar-refractivity contribution >= 4 is 23.2 Å². The van der Waals surface area contributed by atoms with Crippen molar-refractivity contribution in [1.82, 2.24) is 29.5 Å². The summed E-state index contributed by atoms with van der Waals surface area (Å²) in [6.45, 7) is 1.22. The lowest BCUT2D eigenvalue weighted by atomic mass is 9.91. The maximum Gasteiger partial charge on any atom is 0.435 e. The predicted molar refractivity (Wildman–Crippen MR) is 141 cm³/mol. The number of rotatable bonds is 5. The molecule has 18 heteroatoms. The molecule has 6 atom stereocenters. The molecule has 234 valence electrons. The molecule has 0 bridgehead atoms. The molecule has 44 heavy (non-hydrogen) atoms. The number of alkyl halides is 3. The number of benzene rings is 1. The van der Waals surface area contributed by atoms with Crippen molar-refractivity contribution in [2.24, 2.45) is 0 Å². The zero-order valence-corrected chi connectivity index (χ0v) is 24.0. The van der Waals surface area contributed by atoms with Gasteiger partial charge in [-0.2, -0.15) is 23.4 Å². The van der Waals surface area contributed by atoms with Gasteiger partial charge >= 0.3 is 6.18 Å². The third-order valence-corrected chi connectivity index (χ3v) is 7.81. The highest BCUT2D eigenvalue weighted by Gasteiger charge is 2.55. The first-order valence-electron chi connectivity index (χ1n) is 12.9. The fourth-order valence-corrected chi connectivity index (χ4v) is 5.79. The molecule has 6 rings (SSSR count). The molecule has 11 nitrogen and oxygen atoms in total. The molecule has 2 aliphatic heterocycles. The number of nitrogens with zero attached hydrogens (tertiary/aromatic N) is 6. The number of fused-ring (bicyclic) bond motifs is 1. The zero-order chi connectivity index (χ0) is 31.7. The second-order valence-electron chi connectivity index (χ2n) is 10.1. The Kier molecular flexibility index (Phi) is 7.78. The largest absolute Gasteiger partial charge is 0.496 e. The third-order valence-electron chi connectivity index (χ3n) is 7.33. The van der Waals surface area contributed by atoms with Crippen LogP contribution in [0.25, 0.3) is 16.8 Å². The Morgan fingerprint density at radius 1 is 1.09 bits per heavy atom. The van der Waals surface area contributed by atoms with Crippen LogP contribution < -0.4 is 4.74 Å². The van der Waals surface area contributed by atoms with E-state index in [2.05, 4.69) is 20.2 Å². The number of aryl methyl sites for hydroxylation is 1. The van der Waals surface area contributed by atoms with Gasteiger partial charge in [-0.1, -0.05) is 23.2 Å². The summed E-state index contributed by atoms with van der Waals surface area (Å²) in [6, 6.07) is 0.916. The summed E-state index contributed by atoms with van der Waals surface area (Å²) in [6.07, 6.45) is -8.06. The van der Waals surface area contributed by atoms with Gasteiger partial charge in [-0.3, -0.25) is 4.68 Å². The third kappa shape index (κ3) is 5.08. The van der Waals surface area contributed by atoms with Crippen LogP contribution in [-0.2, 0) is 15.7 Å². The normalized spacial score (nSPS) is 25.3. The van der Waals surface area contributed by atoms with Gasteiger partial charge in [0.2, 0.25) is 0 Å². The SMILES string of the molecule is COc1cc(Cl)c(F)c(F)c1-c1cnn(C2C(O)C(c3nc(C)nn3-c3cc(Cl)cnc3C(F)(F)F)OC3C(O)CO[C@@H]32)c1. The topological polar surface area (TPSA) is 130 Å². The Balaban J connectivity index is 1.45. The Bertz CT molecular complexity index is 1740. The van der Waals surface area contributed by atoms with E-state index in [0.717, 1.165) is 23.0 Å². The summed E-state index contributed by atoms with van der Waals surface area (Å²) in [5.41, 5.74) is -2.16. The average molecular weight is 663 g/mol. The Labute approximate surface area is 254 Å². The molecule has 0 spiro atoms. The van der Waals surface area contributed by atoms with Crippen LogP contribution in [0.2, 0.25) is 10.0 Å². The second kappa shape index (κ2) is 11.2. The van der Waals surface area contributed by atoms with Gasteiger partial charge in [0, 0.05) is 24.0 Å². The Hall–Kier alpha value is -3.41. The van der Waals surface area contributed by atoms with E-state index in [4.69, 9.17) is 37.4 Å². The number of methoxy groups -OCH3 is 1. The summed E-state index contributed by atoms with van der Waals surface area (Å²) in [7, 11) is 1.24. The van der Waals surface area contributed by atoms with Gasteiger partial charge in [0.1, 0.15) is 48.1 Å². The van der Waals surface area contributed by atoms with Crippen LogP contribution in [-0.4, -0.2) is 77.9 Å². The summed E-state index contributed by atoms with van der Waals surface area (Å²) in [5.74, 6) is -2.94. The lowest BCUT2D eigenvalue weighted by Crippen LogP contribution is -2.52. The van der Waals surface area contributed by atoms with E-state index in [1.807, 2.05) is 0 Å². The molecule has 0 radical (unpaired) electrons. The van der Waals surface area contributed by atoms with Gasteiger partial charge in [-0.15, -0.1) is 0 Å². The van der Waals surface area contributed by atoms with Gasteiger partial charge in [0.15, 0.2) is 23.2 Å². The highest BCUT2D eigenvalue weighted by molar-refractivity contribution is 6.31. The van der Waals surface area contributed by atoms with Gasteiger partial charge in [-0.25, -0.2) is 23.4 Å². The molecule has 1 aromatic carbocycles. The van der Waals surface area contributed by atoms with Crippen LogP contribution in [0.4, 0.5) is 22.0 Å². The molecule has 0 amide bonds. The molecule has 5 unspecified atom stereocenters. The van der Waals surface area contributed by atoms with Crippen LogP contribution in [0.1, 0.15) is 29.5 Å². The molecule has 0 saturated carbocycles. The number of hydrogen-bond donors (Lipinski definition) is 2. The molecule has 2 N–H and O–H groups in total. The predicted octanol–water partition coefficient (Wildman–Crippen LogP) is 4.25. The minimum atomic E-state index is -4.91. The smallest absolute Gasteiger partial charge is 0.435 e. The molecule has 5 heterocycles. The molecule has 2 saturated heterocycles. The number of hydrogen-bond acceptors (Lipinski definition) is 9. The number of aliphatic hydroxyl groups excluding tert-OH is 2. The fourth-order valence-electron chi connectivity index (χ4n) is 5.46. The first-order valence-corrected chi connectivity index (χ1v) is 13.6. The van der Waals surface area contributed by atoms with Crippen molar-refractivity contribution in [3.8, 4) is 22.6 Å². The zero-order valence-electron chi connectivity index (χ0n) is 22.5. The van der Waals surface area contributed by atoms with Gasteiger partial charge < -0.3 is 24.4 Å². The highest BCUT2D eigenvalue weighted by atomic mass is 35.5. The summed E-state index contributed by atoms with van der Waals surface area (Å²) >= 11 is 11.8. The van der Waals surface area contributed by atoms with Crippen molar-refractivity contribution in [2.75, 3.05) is 13.7 Å². The van der Waals surface area contributed by atoms with Gasteiger partial charge in [-0.05, 0) is 13.0 Å². The van der Waals surface area contributed by atoms with E-state index in [0.29, 0.717) is 0 Å². The van der Waals surface area contributed by atoms with E-state index in [9.17, 15) is 27.8 Å². The lowest BCUT2D eigenvalue weighted by Gasteiger charge is -2.41. The maximum absolute atomic E-state index is 15.0. The van der Waals surface area contributed by atoms with Gasteiger partial charge in [0.05, 0.1) is 41.2 Å². The van der Waals surface area contributed by atoms with Gasteiger partial charge in [0.25, 0.3) is 0 Å². The molecular weight excluding hydrogens is 642 g/mol. The summed E-state index contributed by atoms with van der Waals surface area (Å²) < 4.78 is 90.1. The number of ether oxygens (including phenoxy) is 3. The van der Waals surface area contributed by atoms with Crippen molar-refractivity contribution in [3.05, 3.63) is 69.7 Å². The Morgan fingerprint density at radius 3 is 2.55 bits per heavy atom. The number of aliphatic hydroxyl groups is 2. The molecule has 2 fully saturated rings. The fraction of sp³-hybridized carbons (Fsp3) is 0.385. The maximum atomic E-state index is 15.0. The van der Waals surface area contributed by atoms with E-state index < -0.39 is 70.8 Å². The first kappa shape index (κ1) is 30.6. The Morgan fingerprint density at radius 2 is 1.84 bits per heavy atom. The highest BCUT2D eigenvalue weighted by Crippen LogP contribution is 2.45. The van der Waals surface area contributed by atoms with Crippen LogP contribution in [0.3, 0.4) is 0 Å². The van der Waals surface area contributed by atoms with Crippen molar-refractivity contribution in [2.45, 2.75) is 49.7 Å². The average Bonchev–Trinajstić information content (AvgIpc) is 3.69. The standard InChI is InChI=1S/C26H21Cl2F5N6O5/c1-9-36-25(39(37-9)13-3-11(27)6-34-24(13)26(31,32)33)23-20(41)19(22-21(44-23)14(40)8-43-22)38-7-10(5-35-38)16-15(42-2)4-12(28)17(29)18(16)30/h3-7,14,19-23,40-41H,8H2,1-2H3/t14?,19?,20?,21?,22-,23?/m1/s1. The number of pyridine rings is 1. The van der Waals surface area contributed by atoms with Crippen molar-refractivity contribution in [1.29, 1.82) is 0 Å². The van der Waals surface area contributed by atoms with Crippen molar-refractivity contribution < 1.29 is 46.4 Å². The quantitative estimate of drug-likeness (QED) is 0.238. The number of halogens is 7. The van der Waals surface area contributed by atoms with E-state index in [-0.39, 0.29) is 40.2 Å². The molecule has 2 aliphatic rings. The van der Waals surface area contributed by atoms with Crippen molar-refractivity contribution in [3.63, 3.8) is 0 Å². The first-order chi connectivity index (χ1) is 20.8. The van der Waals surface area contributed by atoms with Crippen LogP contribution in [0, 0.1) is 18.6 Å². The minimum Gasteiger partial charge on any atom is -0.496 e. The van der Waals surface area contributed by atoms with E-state index in [1.165, 1.54) is 31.1 Å².